The number of benzene rings is 1. The summed E-state index contributed by atoms with van der Waals surface area (Å²) in [6.45, 7) is 2.36. The molecule has 21 heavy (non-hydrogen) atoms. The molecule has 2 amide bonds. The number of nitrogens with zero attached hydrogens (tertiary/aromatic N) is 2. The van der Waals surface area contributed by atoms with Crippen LogP contribution in [0.4, 0.5) is 10.5 Å². The maximum Gasteiger partial charge on any atom is 0.324 e. The Kier molecular flexibility index (Phi) is 4.83. The van der Waals surface area contributed by atoms with E-state index in [4.69, 9.17) is 5.11 Å². The molecule has 114 valence electrons. The van der Waals surface area contributed by atoms with E-state index in [0.29, 0.717) is 12.5 Å². The number of hydrogen-bond acceptors (Lipinski definition) is 2. The molecule has 0 heterocycles. The molecule has 0 spiro atoms. The van der Waals surface area contributed by atoms with E-state index in [-0.39, 0.29) is 12.6 Å². The van der Waals surface area contributed by atoms with Crippen LogP contribution in [-0.4, -0.2) is 42.1 Å². The minimum atomic E-state index is -0.973. The summed E-state index contributed by atoms with van der Waals surface area (Å²) in [5.41, 5.74) is 1.99. The number of rotatable bonds is 6. The molecule has 1 fully saturated rings. The summed E-state index contributed by atoms with van der Waals surface area (Å²) in [6.07, 6.45) is 3.11. The molecule has 1 aliphatic carbocycles. The maximum absolute atomic E-state index is 12.5. The van der Waals surface area contributed by atoms with Crippen LogP contribution in [0.1, 0.15) is 25.3 Å². The van der Waals surface area contributed by atoms with Gasteiger partial charge in [-0.05, 0) is 42.9 Å². The third-order valence-electron chi connectivity index (χ3n) is 3.79. The van der Waals surface area contributed by atoms with Crippen molar-refractivity contribution < 1.29 is 14.7 Å². The standard InChI is InChI=1S/C16H22N2O3/c1-3-12-6-8-14(9-7-12)17(2)16(21)18(11-15(19)20)10-13-4-5-13/h6-9,13H,3-5,10-11H2,1-2H3,(H,19,20). The Labute approximate surface area is 125 Å². The number of carbonyl (C=O) groups is 2. The van der Waals surface area contributed by atoms with E-state index in [1.165, 1.54) is 15.4 Å². The average molecular weight is 290 g/mol. The molecule has 5 heteroatoms. The lowest BCUT2D eigenvalue weighted by Gasteiger charge is -2.27. The largest absolute Gasteiger partial charge is 0.480 e. The number of urea groups is 1. The lowest BCUT2D eigenvalue weighted by Crippen LogP contribution is -2.44. The molecule has 0 bridgehead atoms. The van der Waals surface area contributed by atoms with Gasteiger partial charge >= 0.3 is 12.0 Å². The number of hydrogen-bond donors (Lipinski definition) is 1. The van der Waals surface area contributed by atoms with Crippen LogP contribution < -0.4 is 4.90 Å². The zero-order valence-electron chi connectivity index (χ0n) is 12.6. The number of amides is 2. The predicted molar refractivity (Wildman–Crippen MR) is 81.6 cm³/mol. The van der Waals surface area contributed by atoms with Gasteiger partial charge in [0, 0.05) is 19.3 Å². The first kappa shape index (κ1) is 15.4. The van der Waals surface area contributed by atoms with Gasteiger partial charge < -0.3 is 10.0 Å². The van der Waals surface area contributed by atoms with Crippen LogP contribution in [-0.2, 0) is 11.2 Å². The van der Waals surface area contributed by atoms with Gasteiger partial charge in [0.1, 0.15) is 6.54 Å². The van der Waals surface area contributed by atoms with Crippen molar-refractivity contribution in [2.45, 2.75) is 26.2 Å². The van der Waals surface area contributed by atoms with E-state index < -0.39 is 5.97 Å². The molecule has 0 aromatic heterocycles. The van der Waals surface area contributed by atoms with Gasteiger partial charge in [0.2, 0.25) is 0 Å². The molecular weight excluding hydrogens is 268 g/mol. The van der Waals surface area contributed by atoms with Gasteiger partial charge in [0.25, 0.3) is 0 Å². The van der Waals surface area contributed by atoms with E-state index in [9.17, 15) is 9.59 Å². The fourth-order valence-electron chi connectivity index (χ4n) is 2.26. The van der Waals surface area contributed by atoms with Crippen molar-refractivity contribution in [1.82, 2.24) is 4.90 Å². The topological polar surface area (TPSA) is 60.9 Å². The Bertz CT molecular complexity index is 509. The van der Waals surface area contributed by atoms with E-state index in [2.05, 4.69) is 6.92 Å². The minimum absolute atomic E-state index is 0.243. The molecule has 1 aliphatic rings. The summed E-state index contributed by atoms with van der Waals surface area (Å²) < 4.78 is 0. The molecular formula is C16H22N2O3. The van der Waals surface area contributed by atoms with Gasteiger partial charge in [0.15, 0.2) is 0 Å². The summed E-state index contributed by atoms with van der Waals surface area (Å²) in [6, 6.07) is 7.51. The number of carbonyl (C=O) groups excluding carboxylic acids is 1. The third-order valence-corrected chi connectivity index (χ3v) is 3.79. The second-order valence-corrected chi connectivity index (χ2v) is 5.58. The first-order valence-electron chi connectivity index (χ1n) is 7.34. The number of carboxylic acids is 1. The van der Waals surface area contributed by atoms with E-state index in [0.717, 1.165) is 24.9 Å². The summed E-state index contributed by atoms with van der Waals surface area (Å²) in [5, 5.41) is 8.97. The van der Waals surface area contributed by atoms with Crippen molar-refractivity contribution in [2.24, 2.45) is 5.92 Å². The SMILES string of the molecule is CCc1ccc(N(C)C(=O)N(CC(=O)O)CC2CC2)cc1. The molecule has 1 aromatic carbocycles. The Balaban J connectivity index is 2.07. The zero-order valence-corrected chi connectivity index (χ0v) is 12.6. The summed E-state index contributed by atoms with van der Waals surface area (Å²) in [5.74, 6) is -0.511. The van der Waals surface area contributed by atoms with Crippen LogP contribution >= 0.6 is 0 Å². The van der Waals surface area contributed by atoms with Crippen molar-refractivity contribution >= 4 is 17.7 Å². The Morgan fingerprint density at radius 1 is 1.24 bits per heavy atom. The van der Waals surface area contributed by atoms with Gasteiger partial charge in [-0.15, -0.1) is 0 Å². The summed E-state index contributed by atoms with van der Waals surface area (Å²) in [4.78, 5) is 26.4. The highest BCUT2D eigenvalue weighted by Crippen LogP contribution is 2.30. The molecule has 0 aliphatic heterocycles. The van der Waals surface area contributed by atoms with Crippen LogP contribution in [0.25, 0.3) is 0 Å². The van der Waals surface area contributed by atoms with Gasteiger partial charge in [-0.2, -0.15) is 0 Å². The maximum atomic E-state index is 12.5. The molecule has 0 radical (unpaired) electrons. The van der Waals surface area contributed by atoms with Gasteiger partial charge in [-0.1, -0.05) is 19.1 Å². The molecule has 5 nitrogen and oxygen atoms in total. The van der Waals surface area contributed by atoms with Crippen LogP contribution in [0, 0.1) is 5.92 Å². The monoisotopic (exact) mass is 290 g/mol. The fraction of sp³-hybridized carbons (Fsp3) is 0.500. The first-order chi connectivity index (χ1) is 10.0. The zero-order chi connectivity index (χ0) is 15.4. The Morgan fingerprint density at radius 3 is 2.33 bits per heavy atom. The number of aryl methyl sites for hydroxylation is 1. The third kappa shape index (κ3) is 4.21. The van der Waals surface area contributed by atoms with Crippen molar-refractivity contribution in [3.63, 3.8) is 0 Å². The molecule has 1 N–H and O–H groups in total. The number of aliphatic carboxylic acids is 1. The Hall–Kier alpha value is -2.04. The molecule has 2 rings (SSSR count). The highest BCUT2D eigenvalue weighted by Gasteiger charge is 2.29. The van der Waals surface area contributed by atoms with Gasteiger partial charge in [0.05, 0.1) is 0 Å². The quantitative estimate of drug-likeness (QED) is 0.876. The number of carboxylic acid groups (broad SMARTS) is 1. The average Bonchev–Trinajstić information content (AvgIpc) is 3.28. The summed E-state index contributed by atoms with van der Waals surface area (Å²) >= 11 is 0. The van der Waals surface area contributed by atoms with Crippen LogP contribution in [0.5, 0.6) is 0 Å². The van der Waals surface area contributed by atoms with E-state index >= 15 is 0 Å². The van der Waals surface area contributed by atoms with Crippen molar-refractivity contribution in [3.05, 3.63) is 29.8 Å². The molecule has 1 saturated carbocycles. The highest BCUT2D eigenvalue weighted by atomic mass is 16.4. The van der Waals surface area contributed by atoms with Crippen molar-refractivity contribution in [1.29, 1.82) is 0 Å². The second-order valence-electron chi connectivity index (χ2n) is 5.58. The predicted octanol–water partition coefficient (Wildman–Crippen LogP) is 2.60. The fourth-order valence-corrected chi connectivity index (χ4v) is 2.26. The van der Waals surface area contributed by atoms with Gasteiger partial charge in [-0.25, -0.2) is 4.79 Å². The number of anilines is 1. The van der Waals surface area contributed by atoms with Crippen molar-refractivity contribution in [2.75, 3.05) is 25.0 Å². The van der Waals surface area contributed by atoms with Crippen LogP contribution in [0.15, 0.2) is 24.3 Å². The van der Waals surface area contributed by atoms with Crippen LogP contribution in [0.3, 0.4) is 0 Å². The molecule has 0 unspecified atom stereocenters. The first-order valence-corrected chi connectivity index (χ1v) is 7.34. The van der Waals surface area contributed by atoms with E-state index in [1.807, 2.05) is 24.3 Å². The van der Waals surface area contributed by atoms with Crippen molar-refractivity contribution in [3.8, 4) is 0 Å². The van der Waals surface area contributed by atoms with Crippen LogP contribution in [0.2, 0.25) is 0 Å². The summed E-state index contributed by atoms with van der Waals surface area (Å²) in [7, 11) is 1.69. The lowest BCUT2D eigenvalue weighted by molar-refractivity contribution is -0.137. The normalized spacial score (nSPS) is 13.8. The highest BCUT2D eigenvalue weighted by molar-refractivity contribution is 5.93. The molecule has 1 aromatic rings. The second kappa shape index (κ2) is 6.61. The van der Waals surface area contributed by atoms with Gasteiger partial charge in [-0.3, -0.25) is 9.69 Å². The van der Waals surface area contributed by atoms with E-state index in [1.54, 1.807) is 7.05 Å². The molecule has 0 atom stereocenters. The molecule has 0 saturated heterocycles. The smallest absolute Gasteiger partial charge is 0.324 e. The Morgan fingerprint density at radius 2 is 1.86 bits per heavy atom. The minimum Gasteiger partial charge on any atom is -0.480 e. The lowest BCUT2D eigenvalue weighted by atomic mass is 10.1.